The lowest BCUT2D eigenvalue weighted by molar-refractivity contribution is -0.144. The number of aryl methyl sites for hydroxylation is 1. The molecule has 2 amide bonds. The minimum atomic E-state index is -0.337. The maximum absolute atomic E-state index is 11.8. The smallest absolute Gasteiger partial charge is 0.331 e. The van der Waals surface area contributed by atoms with Crippen LogP contribution in [0.25, 0.3) is 6.08 Å². The largest absolute Gasteiger partial charge is 0.459 e. The Kier molecular flexibility index (Phi) is 6.58. The number of urea groups is 1. The van der Waals surface area contributed by atoms with Crippen molar-refractivity contribution in [2.75, 3.05) is 6.54 Å². The molecule has 0 atom stereocenters. The van der Waals surface area contributed by atoms with Crippen LogP contribution in [-0.2, 0) is 9.53 Å². The minimum absolute atomic E-state index is 0.0726. The van der Waals surface area contributed by atoms with Crippen molar-refractivity contribution in [3.8, 4) is 0 Å². The van der Waals surface area contributed by atoms with Crippen LogP contribution in [0.2, 0.25) is 0 Å². The first kappa shape index (κ1) is 17.5. The predicted molar refractivity (Wildman–Crippen MR) is 90.2 cm³/mol. The second-order valence-electron chi connectivity index (χ2n) is 5.54. The van der Waals surface area contributed by atoms with Gasteiger partial charge < -0.3 is 15.4 Å². The average molecular weight is 337 g/mol. The Bertz CT molecular complexity index is 563. The zero-order chi connectivity index (χ0) is 16.7. The number of amides is 2. The van der Waals surface area contributed by atoms with E-state index >= 15 is 0 Å². The molecule has 2 rings (SSSR count). The van der Waals surface area contributed by atoms with Gasteiger partial charge in [-0.05, 0) is 45.6 Å². The fourth-order valence-electron chi connectivity index (χ4n) is 2.54. The fraction of sp³-hybridized carbons (Fsp3) is 0.562. The Labute approximate surface area is 140 Å². The predicted octanol–water partition coefficient (Wildman–Crippen LogP) is 2.64. The molecule has 7 heteroatoms. The van der Waals surface area contributed by atoms with Gasteiger partial charge in [-0.1, -0.05) is 0 Å². The molecule has 126 valence electrons. The van der Waals surface area contributed by atoms with Crippen molar-refractivity contribution in [2.24, 2.45) is 0 Å². The molecule has 0 radical (unpaired) electrons. The van der Waals surface area contributed by atoms with Crippen LogP contribution in [0.3, 0.4) is 0 Å². The summed E-state index contributed by atoms with van der Waals surface area (Å²) in [6, 6.07) is 0.0273. The summed E-state index contributed by atoms with van der Waals surface area (Å²) in [4.78, 5) is 27.6. The van der Waals surface area contributed by atoms with E-state index in [0.717, 1.165) is 36.4 Å². The molecule has 6 nitrogen and oxygen atoms in total. The van der Waals surface area contributed by atoms with Gasteiger partial charge in [0.15, 0.2) is 0 Å². The van der Waals surface area contributed by atoms with E-state index in [2.05, 4.69) is 15.6 Å². The number of rotatable bonds is 5. The van der Waals surface area contributed by atoms with E-state index in [0.29, 0.717) is 6.54 Å². The van der Waals surface area contributed by atoms with Gasteiger partial charge in [0.25, 0.3) is 0 Å². The van der Waals surface area contributed by atoms with Crippen molar-refractivity contribution < 1.29 is 14.3 Å². The first-order chi connectivity index (χ1) is 11.1. The van der Waals surface area contributed by atoms with Crippen LogP contribution in [0, 0.1) is 6.92 Å². The maximum atomic E-state index is 11.8. The Morgan fingerprint density at radius 3 is 2.74 bits per heavy atom. The summed E-state index contributed by atoms with van der Waals surface area (Å²) in [6.45, 7) is 4.42. The van der Waals surface area contributed by atoms with E-state index in [-0.39, 0.29) is 24.1 Å². The van der Waals surface area contributed by atoms with Crippen molar-refractivity contribution in [3.05, 3.63) is 22.2 Å². The molecule has 2 N–H and O–H groups in total. The Balaban J connectivity index is 1.70. The van der Waals surface area contributed by atoms with E-state index < -0.39 is 0 Å². The molecule has 1 fully saturated rings. The maximum Gasteiger partial charge on any atom is 0.331 e. The average Bonchev–Trinajstić information content (AvgIpc) is 2.93. The number of carbonyl (C=O) groups is 2. The van der Waals surface area contributed by atoms with E-state index in [1.165, 1.54) is 6.08 Å². The first-order valence-corrected chi connectivity index (χ1v) is 8.80. The number of carbonyl (C=O) groups excluding carboxylic acids is 2. The molecule has 0 spiro atoms. The van der Waals surface area contributed by atoms with E-state index in [9.17, 15) is 9.59 Å². The highest BCUT2D eigenvalue weighted by Gasteiger charge is 2.24. The standard InChI is InChI=1S/C16H23N3O3S/c1-3-17-16(21)19-12-4-7-14(8-5-12)22-15(20)9-6-13-10-23-11(2)18-13/h6,9-10,12,14H,3-5,7-8H2,1-2H3,(H2,17,19,21)/b9-6+. The number of thiazole rings is 1. The van der Waals surface area contributed by atoms with Crippen molar-refractivity contribution in [1.82, 2.24) is 15.6 Å². The summed E-state index contributed by atoms with van der Waals surface area (Å²) in [5.74, 6) is -0.337. The molecule has 1 heterocycles. The molecule has 0 saturated heterocycles. The minimum Gasteiger partial charge on any atom is -0.459 e. The molecule has 1 saturated carbocycles. The summed E-state index contributed by atoms with van der Waals surface area (Å²) < 4.78 is 5.44. The van der Waals surface area contributed by atoms with Crippen LogP contribution in [0.5, 0.6) is 0 Å². The van der Waals surface area contributed by atoms with Gasteiger partial charge in [0.1, 0.15) is 6.10 Å². The van der Waals surface area contributed by atoms with Crippen LogP contribution in [-0.4, -0.2) is 35.7 Å². The fourth-order valence-corrected chi connectivity index (χ4v) is 3.12. The lowest BCUT2D eigenvalue weighted by atomic mass is 9.93. The molecule has 0 unspecified atom stereocenters. The second-order valence-corrected chi connectivity index (χ2v) is 6.60. The number of aromatic nitrogens is 1. The van der Waals surface area contributed by atoms with E-state index in [4.69, 9.17) is 4.74 Å². The van der Waals surface area contributed by atoms with Gasteiger partial charge in [0.2, 0.25) is 0 Å². The van der Waals surface area contributed by atoms with Gasteiger partial charge in [0, 0.05) is 24.0 Å². The topological polar surface area (TPSA) is 80.3 Å². The van der Waals surface area contributed by atoms with Crippen molar-refractivity contribution >= 4 is 29.4 Å². The van der Waals surface area contributed by atoms with Crippen molar-refractivity contribution in [2.45, 2.75) is 51.7 Å². The Morgan fingerprint density at radius 1 is 1.39 bits per heavy atom. The zero-order valence-corrected chi connectivity index (χ0v) is 14.3. The number of ether oxygens (including phenoxy) is 1. The van der Waals surface area contributed by atoms with Crippen LogP contribution in [0.4, 0.5) is 4.79 Å². The quantitative estimate of drug-likeness (QED) is 0.639. The summed E-state index contributed by atoms with van der Waals surface area (Å²) >= 11 is 1.55. The summed E-state index contributed by atoms with van der Waals surface area (Å²) in [5, 5.41) is 8.52. The van der Waals surface area contributed by atoms with E-state index in [1.807, 2.05) is 19.2 Å². The Hall–Kier alpha value is -1.89. The third kappa shape index (κ3) is 6.02. The van der Waals surface area contributed by atoms with Gasteiger partial charge in [-0.15, -0.1) is 11.3 Å². The summed E-state index contributed by atoms with van der Waals surface area (Å²) in [6.07, 6.45) is 6.21. The number of esters is 1. The van der Waals surface area contributed by atoms with Crippen LogP contribution >= 0.6 is 11.3 Å². The molecule has 0 bridgehead atoms. The van der Waals surface area contributed by atoms with Gasteiger partial charge in [0.05, 0.1) is 10.7 Å². The molecule has 1 aliphatic carbocycles. The number of nitrogens with zero attached hydrogens (tertiary/aromatic N) is 1. The Morgan fingerprint density at radius 2 is 2.13 bits per heavy atom. The van der Waals surface area contributed by atoms with Crippen molar-refractivity contribution in [1.29, 1.82) is 0 Å². The molecule has 23 heavy (non-hydrogen) atoms. The molecular formula is C16H23N3O3S. The van der Waals surface area contributed by atoms with Gasteiger partial charge >= 0.3 is 12.0 Å². The third-order valence-electron chi connectivity index (χ3n) is 3.66. The van der Waals surface area contributed by atoms with Gasteiger partial charge in [-0.3, -0.25) is 0 Å². The van der Waals surface area contributed by atoms with Crippen molar-refractivity contribution in [3.63, 3.8) is 0 Å². The highest BCUT2D eigenvalue weighted by molar-refractivity contribution is 7.09. The van der Waals surface area contributed by atoms with Gasteiger partial charge in [-0.2, -0.15) is 0 Å². The zero-order valence-electron chi connectivity index (χ0n) is 13.5. The van der Waals surface area contributed by atoms with Gasteiger partial charge in [-0.25, -0.2) is 14.6 Å². The number of nitrogens with one attached hydrogen (secondary N) is 2. The molecule has 0 aromatic carbocycles. The SMILES string of the molecule is CCNC(=O)NC1CCC(OC(=O)/C=C/c2csc(C)n2)CC1. The highest BCUT2D eigenvalue weighted by atomic mass is 32.1. The van der Waals surface area contributed by atoms with E-state index in [1.54, 1.807) is 17.4 Å². The monoisotopic (exact) mass is 337 g/mol. The molecule has 1 aliphatic rings. The lowest BCUT2D eigenvalue weighted by Crippen LogP contribution is -2.44. The number of hydrogen-bond acceptors (Lipinski definition) is 5. The second kappa shape index (κ2) is 8.67. The number of hydrogen-bond donors (Lipinski definition) is 2. The third-order valence-corrected chi connectivity index (χ3v) is 4.45. The van der Waals surface area contributed by atoms with Crippen LogP contribution in [0.15, 0.2) is 11.5 Å². The highest BCUT2D eigenvalue weighted by Crippen LogP contribution is 2.21. The summed E-state index contributed by atoms with van der Waals surface area (Å²) in [5.41, 5.74) is 0.777. The molecule has 1 aromatic heterocycles. The lowest BCUT2D eigenvalue weighted by Gasteiger charge is -2.28. The van der Waals surface area contributed by atoms with Crippen LogP contribution in [0.1, 0.15) is 43.3 Å². The molecule has 0 aliphatic heterocycles. The van der Waals surface area contributed by atoms with Crippen LogP contribution < -0.4 is 10.6 Å². The molecule has 1 aromatic rings. The normalized spacial score (nSPS) is 21.1. The molecular weight excluding hydrogens is 314 g/mol. The summed E-state index contributed by atoms with van der Waals surface area (Å²) in [7, 11) is 0. The first-order valence-electron chi connectivity index (χ1n) is 7.92.